The largest absolute Gasteiger partial charge is 0.507 e. The summed E-state index contributed by atoms with van der Waals surface area (Å²) in [6.07, 6.45) is 0.362. The Morgan fingerprint density at radius 1 is 1.04 bits per heavy atom. The number of ketones is 1. The first-order chi connectivity index (χ1) is 12.5. The van der Waals surface area contributed by atoms with Crippen LogP contribution < -0.4 is 0 Å². The highest BCUT2D eigenvalue weighted by molar-refractivity contribution is 6.46. The number of nitrogens with zero attached hydrogens (tertiary/aromatic N) is 1. The molecule has 0 spiro atoms. The molecule has 134 valence electrons. The van der Waals surface area contributed by atoms with Crippen LogP contribution in [0.5, 0.6) is 0 Å². The molecule has 1 heterocycles. The van der Waals surface area contributed by atoms with E-state index in [1.165, 1.54) is 4.90 Å². The lowest BCUT2D eigenvalue weighted by Crippen LogP contribution is -2.31. The maximum atomic E-state index is 12.7. The summed E-state index contributed by atoms with van der Waals surface area (Å²) in [5.41, 5.74) is 2.36. The molecule has 3 rings (SSSR count). The summed E-state index contributed by atoms with van der Waals surface area (Å²) in [6.45, 7) is 2.09. The molecule has 0 bridgehead atoms. The molecule has 26 heavy (non-hydrogen) atoms. The molecular weight excluding hydrogens is 330 g/mol. The second-order valence-electron chi connectivity index (χ2n) is 6.35. The van der Waals surface area contributed by atoms with Gasteiger partial charge in [-0.25, -0.2) is 0 Å². The molecule has 0 aromatic heterocycles. The Hall–Kier alpha value is -2.92. The van der Waals surface area contributed by atoms with Gasteiger partial charge in [-0.3, -0.25) is 9.59 Å². The Morgan fingerprint density at radius 3 is 2.31 bits per heavy atom. The molecule has 1 amide bonds. The van der Waals surface area contributed by atoms with E-state index in [0.29, 0.717) is 12.0 Å². The average molecular weight is 351 g/mol. The van der Waals surface area contributed by atoms with Crippen LogP contribution in [0.25, 0.3) is 5.76 Å². The molecule has 1 unspecified atom stereocenters. The minimum atomic E-state index is -0.699. The van der Waals surface area contributed by atoms with Gasteiger partial charge in [0.05, 0.1) is 11.6 Å². The van der Waals surface area contributed by atoms with Crippen LogP contribution in [0.3, 0.4) is 0 Å². The van der Waals surface area contributed by atoms with Crippen LogP contribution >= 0.6 is 0 Å². The summed E-state index contributed by atoms with van der Waals surface area (Å²) >= 11 is 0. The van der Waals surface area contributed by atoms with Gasteiger partial charge in [0.2, 0.25) is 0 Å². The molecule has 1 fully saturated rings. The van der Waals surface area contributed by atoms with Crippen molar-refractivity contribution in [1.29, 1.82) is 0 Å². The van der Waals surface area contributed by atoms with E-state index in [9.17, 15) is 14.7 Å². The second kappa shape index (κ2) is 7.54. The maximum Gasteiger partial charge on any atom is 0.295 e. The van der Waals surface area contributed by atoms with Gasteiger partial charge in [0.25, 0.3) is 11.7 Å². The molecule has 5 heteroatoms. The highest BCUT2D eigenvalue weighted by Gasteiger charge is 2.45. The normalized spacial score (nSPS) is 19.2. The van der Waals surface area contributed by atoms with Gasteiger partial charge in [0.1, 0.15) is 5.76 Å². The second-order valence-corrected chi connectivity index (χ2v) is 6.35. The molecule has 0 saturated carbocycles. The van der Waals surface area contributed by atoms with E-state index in [1.54, 1.807) is 12.1 Å². The highest BCUT2D eigenvalue weighted by Crippen LogP contribution is 2.39. The number of likely N-dealkylation sites (tertiary alicyclic amines) is 1. The van der Waals surface area contributed by atoms with Crippen molar-refractivity contribution < 1.29 is 19.8 Å². The molecule has 0 radical (unpaired) electrons. The SMILES string of the molecule is Cc1ccc(/C(O)=C2\C(=O)C(=O)N(CCCO)C2c2ccccc2)cc1. The van der Waals surface area contributed by atoms with Crippen molar-refractivity contribution >= 4 is 17.4 Å². The van der Waals surface area contributed by atoms with Gasteiger partial charge in [0, 0.05) is 18.7 Å². The lowest BCUT2D eigenvalue weighted by molar-refractivity contribution is -0.140. The predicted octanol–water partition coefficient (Wildman–Crippen LogP) is 2.80. The fraction of sp³-hybridized carbons (Fsp3) is 0.238. The van der Waals surface area contributed by atoms with Crippen LogP contribution in [-0.4, -0.2) is 40.0 Å². The number of benzene rings is 2. The van der Waals surface area contributed by atoms with Crippen LogP contribution in [0, 0.1) is 6.92 Å². The zero-order valence-corrected chi connectivity index (χ0v) is 14.6. The minimum Gasteiger partial charge on any atom is -0.507 e. The molecule has 1 atom stereocenters. The van der Waals surface area contributed by atoms with Crippen molar-refractivity contribution in [2.24, 2.45) is 0 Å². The van der Waals surface area contributed by atoms with Gasteiger partial charge in [0.15, 0.2) is 0 Å². The molecule has 0 aliphatic carbocycles. The van der Waals surface area contributed by atoms with Crippen LogP contribution in [0.1, 0.15) is 29.2 Å². The molecule has 1 aliphatic heterocycles. The van der Waals surface area contributed by atoms with Crippen molar-refractivity contribution in [3.63, 3.8) is 0 Å². The first-order valence-corrected chi connectivity index (χ1v) is 8.56. The zero-order chi connectivity index (χ0) is 18.7. The summed E-state index contributed by atoms with van der Waals surface area (Å²) in [5, 5.41) is 19.9. The van der Waals surface area contributed by atoms with Crippen molar-refractivity contribution in [3.05, 3.63) is 76.9 Å². The third kappa shape index (κ3) is 3.26. The van der Waals surface area contributed by atoms with Crippen LogP contribution in [0.15, 0.2) is 60.2 Å². The molecule has 2 aromatic rings. The zero-order valence-electron chi connectivity index (χ0n) is 14.6. The number of carbonyl (C=O) groups is 2. The summed E-state index contributed by atoms with van der Waals surface area (Å²) < 4.78 is 0. The van der Waals surface area contributed by atoms with E-state index in [4.69, 9.17) is 5.11 Å². The Morgan fingerprint density at radius 2 is 1.69 bits per heavy atom. The number of aliphatic hydroxyl groups is 2. The number of aliphatic hydroxyl groups excluding tert-OH is 2. The fourth-order valence-corrected chi connectivity index (χ4v) is 3.20. The summed E-state index contributed by atoms with van der Waals surface area (Å²) in [5.74, 6) is -1.53. The predicted molar refractivity (Wildman–Crippen MR) is 98.3 cm³/mol. The lowest BCUT2D eigenvalue weighted by atomic mass is 9.95. The Balaban J connectivity index is 2.14. The van der Waals surface area contributed by atoms with Crippen molar-refractivity contribution in [1.82, 2.24) is 4.90 Å². The molecule has 2 aromatic carbocycles. The molecule has 1 aliphatic rings. The number of hydrogen-bond donors (Lipinski definition) is 2. The van der Waals surface area contributed by atoms with Gasteiger partial charge in [-0.1, -0.05) is 60.2 Å². The lowest BCUT2D eigenvalue weighted by Gasteiger charge is -2.25. The number of aryl methyl sites for hydroxylation is 1. The highest BCUT2D eigenvalue weighted by atomic mass is 16.3. The summed E-state index contributed by atoms with van der Waals surface area (Å²) in [4.78, 5) is 26.6. The molecular formula is C21H21NO4. The number of carbonyl (C=O) groups excluding carboxylic acids is 2. The average Bonchev–Trinajstić information content (AvgIpc) is 2.91. The first kappa shape index (κ1) is 17.9. The number of Topliss-reactive ketones (excluding diaryl/α,β-unsaturated/α-hetero) is 1. The molecule has 1 saturated heterocycles. The van der Waals surface area contributed by atoms with Gasteiger partial charge in [-0.2, -0.15) is 0 Å². The number of rotatable bonds is 5. The van der Waals surface area contributed by atoms with E-state index in [-0.39, 0.29) is 24.5 Å². The molecule has 5 nitrogen and oxygen atoms in total. The Bertz CT molecular complexity index is 840. The van der Waals surface area contributed by atoms with Gasteiger partial charge >= 0.3 is 0 Å². The Kier molecular flexibility index (Phi) is 5.19. The van der Waals surface area contributed by atoms with Crippen molar-refractivity contribution in [2.75, 3.05) is 13.2 Å². The Labute approximate surface area is 152 Å². The third-order valence-electron chi connectivity index (χ3n) is 4.54. The third-order valence-corrected chi connectivity index (χ3v) is 4.54. The van der Waals surface area contributed by atoms with Crippen molar-refractivity contribution in [2.45, 2.75) is 19.4 Å². The van der Waals surface area contributed by atoms with Gasteiger partial charge in [-0.05, 0) is 18.9 Å². The monoisotopic (exact) mass is 351 g/mol. The van der Waals surface area contributed by atoms with E-state index < -0.39 is 17.7 Å². The van der Waals surface area contributed by atoms with E-state index in [0.717, 1.165) is 11.1 Å². The summed E-state index contributed by atoms with van der Waals surface area (Å²) in [7, 11) is 0. The van der Waals surface area contributed by atoms with E-state index in [2.05, 4.69) is 0 Å². The van der Waals surface area contributed by atoms with Gasteiger partial charge in [-0.15, -0.1) is 0 Å². The summed E-state index contributed by atoms with van der Waals surface area (Å²) in [6, 6.07) is 15.6. The van der Waals surface area contributed by atoms with Gasteiger partial charge < -0.3 is 15.1 Å². The number of hydrogen-bond acceptors (Lipinski definition) is 4. The standard InChI is InChI=1S/C21H21NO4/c1-14-8-10-16(11-9-14)19(24)17-18(15-6-3-2-4-7-15)22(12-5-13-23)21(26)20(17)25/h2-4,6-11,18,23-24H,5,12-13H2,1H3/b19-17+. The van der Waals surface area contributed by atoms with Crippen LogP contribution in [0.2, 0.25) is 0 Å². The van der Waals surface area contributed by atoms with Crippen LogP contribution in [0.4, 0.5) is 0 Å². The fourth-order valence-electron chi connectivity index (χ4n) is 3.20. The first-order valence-electron chi connectivity index (χ1n) is 8.56. The number of amides is 1. The quantitative estimate of drug-likeness (QED) is 0.493. The van der Waals surface area contributed by atoms with Crippen LogP contribution in [-0.2, 0) is 9.59 Å². The molecule has 2 N–H and O–H groups in total. The minimum absolute atomic E-state index is 0.0809. The maximum absolute atomic E-state index is 12.7. The smallest absolute Gasteiger partial charge is 0.295 e. The van der Waals surface area contributed by atoms with E-state index in [1.807, 2.05) is 49.4 Å². The van der Waals surface area contributed by atoms with E-state index >= 15 is 0 Å². The topological polar surface area (TPSA) is 77.8 Å². The van der Waals surface area contributed by atoms with Crippen molar-refractivity contribution in [3.8, 4) is 0 Å².